The van der Waals surface area contributed by atoms with E-state index in [9.17, 15) is 4.79 Å². The second-order valence-corrected chi connectivity index (χ2v) is 7.04. The molecule has 2 N–H and O–H groups in total. The van der Waals surface area contributed by atoms with Crippen molar-refractivity contribution in [3.63, 3.8) is 0 Å². The van der Waals surface area contributed by atoms with E-state index in [0.717, 1.165) is 16.8 Å². The SMILES string of the molecule is O=C(Nc1ccc(Cl)c(-c2ccccn2)c1)c1ccc(NCc2ccccc2)nc1. The summed E-state index contributed by atoms with van der Waals surface area (Å²) in [6.07, 6.45) is 3.26. The Kier molecular flexibility index (Phi) is 6.01. The minimum atomic E-state index is -0.244. The van der Waals surface area contributed by atoms with Crippen LogP contribution in [0.3, 0.4) is 0 Å². The van der Waals surface area contributed by atoms with Gasteiger partial charge in [-0.25, -0.2) is 4.98 Å². The number of carbonyl (C=O) groups is 1. The number of pyridine rings is 2. The summed E-state index contributed by atoms with van der Waals surface area (Å²) in [5.74, 6) is 0.464. The highest BCUT2D eigenvalue weighted by molar-refractivity contribution is 6.33. The maximum Gasteiger partial charge on any atom is 0.257 e. The molecule has 0 unspecified atom stereocenters. The molecule has 0 atom stereocenters. The number of rotatable bonds is 6. The first-order valence-corrected chi connectivity index (χ1v) is 9.83. The van der Waals surface area contributed by atoms with Crippen molar-refractivity contribution < 1.29 is 4.79 Å². The molecule has 0 aliphatic rings. The van der Waals surface area contributed by atoms with Crippen molar-refractivity contribution in [1.29, 1.82) is 0 Å². The van der Waals surface area contributed by atoms with E-state index < -0.39 is 0 Å². The van der Waals surface area contributed by atoms with Crippen LogP contribution in [0.4, 0.5) is 11.5 Å². The molecule has 0 radical (unpaired) electrons. The number of halogens is 1. The first-order valence-electron chi connectivity index (χ1n) is 9.45. The van der Waals surface area contributed by atoms with Gasteiger partial charge in [0.2, 0.25) is 0 Å². The van der Waals surface area contributed by atoms with Crippen LogP contribution < -0.4 is 10.6 Å². The fourth-order valence-corrected chi connectivity index (χ4v) is 3.16. The van der Waals surface area contributed by atoms with E-state index in [0.29, 0.717) is 28.6 Å². The van der Waals surface area contributed by atoms with Gasteiger partial charge in [0.1, 0.15) is 5.82 Å². The molecule has 148 valence electrons. The highest BCUT2D eigenvalue weighted by atomic mass is 35.5. The Hall–Kier alpha value is -3.70. The van der Waals surface area contributed by atoms with Crippen LogP contribution in [0.2, 0.25) is 5.02 Å². The monoisotopic (exact) mass is 414 g/mol. The zero-order valence-corrected chi connectivity index (χ0v) is 16.8. The van der Waals surface area contributed by atoms with Gasteiger partial charge in [-0.05, 0) is 48.0 Å². The molecule has 0 aliphatic heterocycles. The van der Waals surface area contributed by atoms with Crippen molar-refractivity contribution in [2.75, 3.05) is 10.6 Å². The van der Waals surface area contributed by atoms with Crippen LogP contribution in [0.5, 0.6) is 0 Å². The number of amides is 1. The molecular weight excluding hydrogens is 396 g/mol. The molecule has 6 heteroatoms. The van der Waals surface area contributed by atoms with Crippen LogP contribution in [-0.4, -0.2) is 15.9 Å². The Balaban J connectivity index is 1.43. The van der Waals surface area contributed by atoms with Crippen LogP contribution in [0.1, 0.15) is 15.9 Å². The zero-order chi connectivity index (χ0) is 20.8. The van der Waals surface area contributed by atoms with Gasteiger partial charge >= 0.3 is 0 Å². The second kappa shape index (κ2) is 9.20. The van der Waals surface area contributed by atoms with E-state index in [4.69, 9.17) is 11.6 Å². The Bertz CT molecular complexity index is 1130. The zero-order valence-electron chi connectivity index (χ0n) is 16.0. The number of hydrogen-bond acceptors (Lipinski definition) is 4. The number of benzene rings is 2. The molecule has 2 aromatic carbocycles. The smallest absolute Gasteiger partial charge is 0.257 e. The molecule has 0 fully saturated rings. The summed E-state index contributed by atoms with van der Waals surface area (Å²) in [6.45, 7) is 0.667. The summed E-state index contributed by atoms with van der Waals surface area (Å²) >= 11 is 6.31. The fourth-order valence-electron chi connectivity index (χ4n) is 2.95. The average molecular weight is 415 g/mol. The Morgan fingerprint density at radius 2 is 1.73 bits per heavy atom. The van der Waals surface area contributed by atoms with Gasteiger partial charge in [0.25, 0.3) is 5.91 Å². The lowest BCUT2D eigenvalue weighted by atomic mass is 10.1. The van der Waals surface area contributed by atoms with Crippen LogP contribution in [-0.2, 0) is 6.54 Å². The lowest BCUT2D eigenvalue weighted by molar-refractivity contribution is 0.102. The van der Waals surface area contributed by atoms with Gasteiger partial charge in [0, 0.05) is 30.2 Å². The van der Waals surface area contributed by atoms with E-state index in [-0.39, 0.29) is 5.91 Å². The van der Waals surface area contributed by atoms with Crippen molar-refractivity contribution in [3.05, 3.63) is 107 Å². The molecule has 4 rings (SSSR count). The highest BCUT2D eigenvalue weighted by Gasteiger charge is 2.10. The van der Waals surface area contributed by atoms with Crippen molar-refractivity contribution in [2.24, 2.45) is 0 Å². The molecule has 2 aromatic heterocycles. The van der Waals surface area contributed by atoms with Crippen molar-refractivity contribution in [1.82, 2.24) is 9.97 Å². The topological polar surface area (TPSA) is 66.9 Å². The maximum atomic E-state index is 12.6. The number of hydrogen-bond donors (Lipinski definition) is 2. The minimum absolute atomic E-state index is 0.244. The molecule has 0 saturated carbocycles. The van der Waals surface area contributed by atoms with Gasteiger partial charge < -0.3 is 10.6 Å². The largest absolute Gasteiger partial charge is 0.366 e. The number of carbonyl (C=O) groups excluding carboxylic acids is 1. The van der Waals surface area contributed by atoms with Crippen molar-refractivity contribution in [3.8, 4) is 11.3 Å². The first kappa shape index (κ1) is 19.6. The fraction of sp³-hybridized carbons (Fsp3) is 0.0417. The van der Waals surface area contributed by atoms with Gasteiger partial charge in [-0.3, -0.25) is 9.78 Å². The highest BCUT2D eigenvalue weighted by Crippen LogP contribution is 2.29. The van der Waals surface area contributed by atoms with Gasteiger partial charge in [-0.1, -0.05) is 48.0 Å². The van der Waals surface area contributed by atoms with Crippen LogP contribution >= 0.6 is 11.6 Å². The van der Waals surface area contributed by atoms with Crippen LogP contribution in [0.25, 0.3) is 11.3 Å². The molecular formula is C24H19ClN4O. The van der Waals surface area contributed by atoms with E-state index in [2.05, 4.69) is 20.6 Å². The molecule has 0 saturated heterocycles. The lowest BCUT2D eigenvalue weighted by Crippen LogP contribution is -2.12. The van der Waals surface area contributed by atoms with Gasteiger partial charge in [-0.15, -0.1) is 0 Å². The molecule has 2 heterocycles. The Labute approximate surface area is 179 Å². The maximum absolute atomic E-state index is 12.6. The second-order valence-electron chi connectivity index (χ2n) is 6.63. The van der Waals surface area contributed by atoms with E-state index in [1.165, 1.54) is 0 Å². The van der Waals surface area contributed by atoms with E-state index in [1.54, 1.807) is 36.7 Å². The summed E-state index contributed by atoms with van der Waals surface area (Å²) in [5, 5.41) is 6.70. The normalized spacial score (nSPS) is 10.4. The molecule has 0 bridgehead atoms. The van der Waals surface area contributed by atoms with Crippen LogP contribution in [0, 0.1) is 0 Å². The number of nitrogens with zero attached hydrogens (tertiary/aromatic N) is 2. The van der Waals surface area contributed by atoms with E-state index >= 15 is 0 Å². The Morgan fingerprint density at radius 3 is 2.47 bits per heavy atom. The summed E-state index contributed by atoms with van der Waals surface area (Å²) < 4.78 is 0. The molecule has 0 spiro atoms. The van der Waals surface area contributed by atoms with Crippen molar-refractivity contribution in [2.45, 2.75) is 6.54 Å². The van der Waals surface area contributed by atoms with Gasteiger partial charge in [0.05, 0.1) is 16.3 Å². The molecule has 5 nitrogen and oxygen atoms in total. The third kappa shape index (κ3) is 4.82. The molecule has 1 amide bonds. The molecule has 0 aliphatic carbocycles. The summed E-state index contributed by atoms with van der Waals surface area (Å²) in [6, 6.07) is 24.5. The quantitative estimate of drug-likeness (QED) is 0.427. The van der Waals surface area contributed by atoms with E-state index in [1.807, 2.05) is 54.6 Å². The number of aromatic nitrogens is 2. The third-order valence-electron chi connectivity index (χ3n) is 4.51. The average Bonchev–Trinajstić information content (AvgIpc) is 2.80. The molecule has 30 heavy (non-hydrogen) atoms. The predicted molar refractivity (Wildman–Crippen MR) is 121 cm³/mol. The standard InChI is InChI=1S/C24H19ClN4O/c25-21-11-10-19(14-20(21)22-8-4-5-13-26-22)29-24(30)18-9-12-23(28-16-18)27-15-17-6-2-1-3-7-17/h1-14,16H,15H2,(H,27,28)(H,29,30). The lowest BCUT2D eigenvalue weighted by Gasteiger charge is -2.10. The summed E-state index contributed by atoms with van der Waals surface area (Å²) in [5.41, 5.74) is 3.77. The first-order chi connectivity index (χ1) is 14.7. The van der Waals surface area contributed by atoms with Crippen LogP contribution in [0.15, 0.2) is 91.3 Å². The molecule has 4 aromatic rings. The summed E-state index contributed by atoms with van der Waals surface area (Å²) in [4.78, 5) is 21.3. The predicted octanol–water partition coefficient (Wildman–Crippen LogP) is 5.66. The third-order valence-corrected chi connectivity index (χ3v) is 4.84. The number of anilines is 2. The summed E-state index contributed by atoms with van der Waals surface area (Å²) in [7, 11) is 0. The van der Waals surface area contributed by atoms with Gasteiger partial charge in [0.15, 0.2) is 0 Å². The minimum Gasteiger partial charge on any atom is -0.366 e. The van der Waals surface area contributed by atoms with Crippen molar-refractivity contribution >= 4 is 29.0 Å². The van der Waals surface area contributed by atoms with Gasteiger partial charge in [-0.2, -0.15) is 0 Å². The number of nitrogens with one attached hydrogen (secondary N) is 2. The Morgan fingerprint density at radius 1 is 0.900 bits per heavy atom.